The Hall–Kier alpha value is -2.04. The standard InChI is InChI=1S/C17H31N7O3/c1-24(14(25)5-9-19-7-2-8-20-10-6-18)13-11-21-17(23-16(13)27)22-15(26)12-3-4-12/h12-13,19-20H,2-11,18H2,1H3,(H2,21,22,23,26,27). The Labute approximate surface area is 159 Å². The van der Waals surface area contributed by atoms with Crippen LogP contribution in [0.4, 0.5) is 0 Å². The lowest BCUT2D eigenvalue weighted by molar-refractivity contribution is -0.138. The van der Waals surface area contributed by atoms with Crippen molar-refractivity contribution < 1.29 is 14.4 Å². The van der Waals surface area contributed by atoms with Crippen LogP contribution in [0, 0.1) is 5.92 Å². The quantitative estimate of drug-likeness (QED) is 0.256. The molecule has 6 N–H and O–H groups in total. The number of hydrogen-bond donors (Lipinski definition) is 5. The average molecular weight is 381 g/mol. The predicted molar refractivity (Wildman–Crippen MR) is 102 cm³/mol. The van der Waals surface area contributed by atoms with Crippen molar-refractivity contribution in [3.63, 3.8) is 0 Å². The first-order valence-electron chi connectivity index (χ1n) is 9.56. The minimum atomic E-state index is -0.653. The number of aliphatic imine (C=N–C) groups is 1. The van der Waals surface area contributed by atoms with Gasteiger partial charge in [0.15, 0.2) is 0 Å². The van der Waals surface area contributed by atoms with E-state index in [-0.39, 0.29) is 36.1 Å². The Morgan fingerprint density at radius 1 is 1.22 bits per heavy atom. The van der Waals surface area contributed by atoms with E-state index in [4.69, 9.17) is 5.73 Å². The summed E-state index contributed by atoms with van der Waals surface area (Å²) in [5, 5.41) is 11.6. The molecule has 0 aromatic heterocycles. The number of nitrogens with two attached hydrogens (primary N) is 1. The Kier molecular flexibility index (Phi) is 8.62. The van der Waals surface area contributed by atoms with Gasteiger partial charge in [-0.2, -0.15) is 0 Å². The summed E-state index contributed by atoms with van der Waals surface area (Å²) in [6.07, 6.45) is 3.03. The van der Waals surface area contributed by atoms with Crippen LogP contribution in [-0.2, 0) is 14.4 Å². The van der Waals surface area contributed by atoms with Gasteiger partial charge in [-0.05, 0) is 32.4 Å². The summed E-state index contributed by atoms with van der Waals surface area (Å²) in [4.78, 5) is 41.9. The molecule has 0 saturated heterocycles. The molecule has 0 spiro atoms. The first kappa shape index (κ1) is 21.3. The highest BCUT2D eigenvalue weighted by Gasteiger charge is 2.34. The summed E-state index contributed by atoms with van der Waals surface area (Å²) in [6.45, 7) is 3.84. The number of guanidine groups is 1. The normalized spacial score (nSPS) is 19.3. The van der Waals surface area contributed by atoms with Gasteiger partial charge in [-0.1, -0.05) is 0 Å². The monoisotopic (exact) mass is 381 g/mol. The summed E-state index contributed by atoms with van der Waals surface area (Å²) < 4.78 is 0. The third kappa shape index (κ3) is 7.24. The van der Waals surface area contributed by atoms with Gasteiger partial charge in [0, 0.05) is 39.0 Å². The number of carbonyl (C=O) groups is 3. The van der Waals surface area contributed by atoms with Gasteiger partial charge in [0.05, 0.1) is 6.54 Å². The highest BCUT2D eigenvalue weighted by Crippen LogP contribution is 2.28. The van der Waals surface area contributed by atoms with Gasteiger partial charge >= 0.3 is 0 Å². The first-order valence-corrected chi connectivity index (χ1v) is 9.56. The van der Waals surface area contributed by atoms with Crippen LogP contribution in [0.3, 0.4) is 0 Å². The van der Waals surface area contributed by atoms with E-state index in [1.165, 1.54) is 4.90 Å². The molecule has 152 valence electrons. The molecule has 1 unspecified atom stereocenters. The zero-order chi connectivity index (χ0) is 19.6. The lowest BCUT2D eigenvalue weighted by atomic mass is 10.2. The van der Waals surface area contributed by atoms with Crippen LogP contribution < -0.4 is 27.0 Å². The fourth-order valence-corrected chi connectivity index (χ4v) is 2.67. The fraction of sp³-hybridized carbons (Fsp3) is 0.765. The van der Waals surface area contributed by atoms with E-state index in [9.17, 15) is 14.4 Å². The Morgan fingerprint density at radius 2 is 1.93 bits per heavy atom. The third-order valence-electron chi connectivity index (χ3n) is 4.56. The highest BCUT2D eigenvalue weighted by atomic mass is 16.2. The van der Waals surface area contributed by atoms with E-state index in [1.807, 2.05) is 0 Å². The van der Waals surface area contributed by atoms with Crippen LogP contribution in [0.5, 0.6) is 0 Å². The molecule has 0 bridgehead atoms. The Balaban J connectivity index is 1.64. The second kappa shape index (κ2) is 11.0. The molecule has 1 fully saturated rings. The van der Waals surface area contributed by atoms with Gasteiger partial charge in [-0.15, -0.1) is 0 Å². The second-order valence-electron chi connectivity index (χ2n) is 6.85. The fourth-order valence-electron chi connectivity index (χ4n) is 2.67. The Bertz CT molecular complexity index is 563. The van der Waals surface area contributed by atoms with Crippen LogP contribution in [0.25, 0.3) is 0 Å². The molecular weight excluding hydrogens is 350 g/mol. The van der Waals surface area contributed by atoms with Gasteiger partial charge in [0.1, 0.15) is 6.04 Å². The summed E-state index contributed by atoms with van der Waals surface area (Å²) in [5.74, 6) is -0.342. The van der Waals surface area contributed by atoms with Crippen molar-refractivity contribution in [2.75, 3.05) is 46.3 Å². The van der Waals surface area contributed by atoms with Crippen LogP contribution in [-0.4, -0.2) is 80.9 Å². The minimum absolute atomic E-state index is 0.0375. The topological polar surface area (TPSA) is 141 Å². The van der Waals surface area contributed by atoms with Crippen molar-refractivity contribution in [1.29, 1.82) is 0 Å². The van der Waals surface area contributed by atoms with Crippen LogP contribution >= 0.6 is 0 Å². The molecule has 1 heterocycles. The molecule has 0 aromatic carbocycles. The van der Waals surface area contributed by atoms with Crippen LogP contribution in [0.2, 0.25) is 0 Å². The van der Waals surface area contributed by atoms with Crippen molar-refractivity contribution in [3.05, 3.63) is 0 Å². The lowest BCUT2D eigenvalue weighted by Crippen LogP contribution is -2.57. The van der Waals surface area contributed by atoms with Gasteiger partial charge in [-0.3, -0.25) is 25.0 Å². The summed E-state index contributed by atoms with van der Waals surface area (Å²) in [5.41, 5.74) is 5.39. The molecule has 2 rings (SSSR count). The van der Waals surface area contributed by atoms with E-state index in [0.29, 0.717) is 19.5 Å². The molecule has 1 atom stereocenters. The van der Waals surface area contributed by atoms with Crippen molar-refractivity contribution >= 4 is 23.7 Å². The van der Waals surface area contributed by atoms with Gasteiger partial charge < -0.3 is 21.3 Å². The number of rotatable bonds is 11. The lowest BCUT2D eigenvalue weighted by Gasteiger charge is -2.29. The number of carbonyl (C=O) groups excluding carboxylic acids is 3. The predicted octanol–water partition coefficient (Wildman–Crippen LogP) is -2.26. The Morgan fingerprint density at radius 3 is 2.56 bits per heavy atom. The van der Waals surface area contributed by atoms with E-state index in [2.05, 4.69) is 26.3 Å². The van der Waals surface area contributed by atoms with E-state index in [1.54, 1.807) is 7.05 Å². The molecule has 3 amide bonds. The van der Waals surface area contributed by atoms with Crippen LogP contribution in [0.15, 0.2) is 4.99 Å². The maximum absolute atomic E-state index is 12.3. The smallest absolute Gasteiger partial charge is 0.251 e. The minimum Gasteiger partial charge on any atom is -0.332 e. The molecule has 0 radical (unpaired) electrons. The molecular formula is C17H31N7O3. The molecule has 1 aliphatic heterocycles. The largest absolute Gasteiger partial charge is 0.332 e. The second-order valence-corrected chi connectivity index (χ2v) is 6.85. The maximum atomic E-state index is 12.3. The van der Waals surface area contributed by atoms with E-state index in [0.717, 1.165) is 38.9 Å². The molecule has 0 aromatic rings. The third-order valence-corrected chi connectivity index (χ3v) is 4.56. The number of likely N-dealkylation sites (N-methyl/N-ethyl adjacent to an activating group) is 1. The molecule has 1 aliphatic carbocycles. The van der Waals surface area contributed by atoms with Gasteiger partial charge in [0.25, 0.3) is 5.91 Å². The van der Waals surface area contributed by atoms with Crippen molar-refractivity contribution in [3.8, 4) is 0 Å². The SMILES string of the molecule is CN(C(=O)CCNCCCNCCN)C1CN=C(NC(=O)C2CC2)NC1=O. The maximum Gasteiger partial charge on any atom is 0.251 e. The van der Waals surface area contributed by atoms with E-state index < -0.39 is 6.04 Å². The zero-order valence-corrected chi connectivity index (χ0v) is 15.9. The van der Waals surface area contributed by atoms with Crippen LogP contribution in [0.1, 0.15) is 25.7 Å². The molecule has 10 nitrogen and oxygen atoms in total. The first-order chi connectivity index (χ1) is 13.0. The highest BCUT2D eigenvalue weighted by molar-refractivity contribution is 6.08. The van der Waals surface area contributed by atoms with Gasteiger partial charge in [-0.25, -0.2) is 4.99 Å². The van der Waals surface area contributed by atoms with Gasteiger partial charge in [0.2, 0.25) is 17.8 Å². The van der Waals surface area contributed by atoms with E-state index >= 15 is 0 Å². The molecule has 27 heavy (non-hydrogen) atoms. The molecule has 1 saturated carbocycles. The summed E-state index contributed by atoms with van der Waals surface area (Å²) >= 11 is 0. The summed E-state index contributed by atoms with van der Waals surface area (Å²) in [7, 11) is 1.60. The average Bonchev–Trinajstić information content (AvgIpc) is 3.48. The zero-order valence-electron chi connectivity index (χ0n) is 15.9. The molecule has 2 aliphatic rings. The number of nitrogens with zero attached hydrogens (tertiary/aromatic N) is 2. The number of amides is 3. The van der Waals surface area contributed by atoms with Crippen molar-refractivity contribution in [1.82, 2.24) is 26.2 Å². The molecule has 10 heteroatoms. The number of nitrogens with one attached hydrogen (secondary N) is 4. The number of hydrogen-bond acceptors (Lipinski definition) is 7. The summed E-state index contributed by atoms with van der Waals surface area (Å²) in [6, 6.07) is -0.653. The van der Waals surface area contributed by atoms with Crippen molar-refractivity contribution in [2.45, 2.75) is 31.7 Å². The van der Waals surface area contributed by atoms with Crippen molar-refractivity contribution in [2.24, 2.45) is 16.6 Å².